The maximum Gasteiger partial charge on any atom is 0.255 e. The summed E-state index contributed by atoms with van der Waals surface area (Å²) in [6.07, 6.45) is 0.955. The van der Waals surface area contributed by atoms with E-state index in [1.807, 2.05) is 44.2 Å². The summed E-state index contributed by atoms with van der Waals surface area (Å²) in [5, 5.41) is 2.95. The first-order valence-electron chi connectivity index (χ1n) is 8.77. The van der Waals surface area contributed by atoms with Gasteiger partial charge in [-0.3, -0.25) is 4.79 Å². The predicted molar refractivity (Wildman–Crippen MR) is 101 cm³/mol. The number of benzene rings is 2. The first kappa shape index (κ1) is 19.0. The average Bonchev–Trinajstić information content (AvgIpc) is 2.60. The largest absolute Gasteiger partial charge is 0.494 e. The van der Waals surface area contributed by atoms with Gasteiger partial charge in [0.25, 0.3) is 5.91 Å². The van der Waals surface area contributed by atoms with E-state index in [2.05, 4.69) is 19.2 Å². The lowest BCUT2D eigenvalue weighted by molar-refractivity contribution is 0.102. The highest BCUT2D eigenvalue weighted by Gasteiger charge is 2.11. The van der Waals surface area contributed by atoms with Gasteiger partial charge in [0.2, 0.25) is 0 Å². The number of nitrogens with one attached hydrogen (secondary N) is 1. The standard InChI is InChI=1S/C21H27NO3/c1-5-11-24-14-18-13-17(8-10-20(18)25-6-2)21(23)22-19-9-7-15(3)16(4)12-19/h7-10,12-13H,5-6,11,14H2,1-4H3,(H,22,23). The number of carbonyl (C=O) groups is 1. The van der Waals surface area contributed by atoms with Gasteiger partial charge >= 0.3 is 0 Å². The van der Waals surface area contributed by atoms with Crippen molar-refractivity contribution in [3.05, 3.63) is 58.7 Å². The Morgan fingerprint density at radius 1 is 1.04 bits per heavy atom. The van der Waals surface area contributed by atoms with E-state index in [0.717, 1.165) is 29.0 Å². The summed E-state index contributed by atoms with van der Waals surface area (Å²) in [6, 6.07) is 11.4. The topological polar surface area (TPSA) is 47.6 Å². The lowest BCUT2D eigenvalue weighted by atomic mass is 10.1. The number of aryl methyl sites for hydroxylation is 2. The van der Waals surface area contributed by atoms with E-state index in [1.54, 1.807) is 6.07 Å². The minimum Gasteiger partial charge on any atom is -0.494 e. The molecule has 0 aromatic heterocycles. The molecule has 2 aromatic rings. The molecule has 4 heteroatoms. The van der Waals surface area contributed by atoms with Crippen LogP contribution in [0.4, 0.5) is 5.69 Å². The SMILES string of the molecule is CCCOCc1cc(C(=O)Nc2ccc(C)c(C)c2)ccc1OCC. The van der Waals surface area contributed by atoms with Gasteiger partial charge in [-0.1, -0.05) is 13.0 Å². The van der Waals surface area contributed by atoms with Crippen molar-refractivity contribution < 1.29 is 14.3 Å². The fraction of sp³-hybridized carbons (Fsp3) is 0.381. The van der Waals surface area contributed by atoms with Crippen LogP contribution in [0.2, 0.25) is 0 Å². The van der Waals surface area contributed by atoms with Crippen LogP contribution in [0.3, 0.4) is 0 Å². The third-order valence-electron chi connectivity index (χ3n) is 3.99. The first-order valence-corrected chi connectivity index (χ1v) is 8.77. The van der Waals surface area contributed by atoms with Gasteiger partial charge in [-0.2, -0.15) is 0 Å². The van der Waals surface area contributed by atoms with E-state index in [4.69, 9.17) is 9.47 Å². The van der Waals surface area contributed by atoms with Crippen molar-refractivity contribution in [2.75, 3.05) is 18.5 Å². The molecule has 2 aromatic carbocycles. The van der Waals surface area contributed by atoms with Crippen molar-refractivity contribution in [2.24, 2.45) is 0 Å². The second kappa shape index (κ2) is 9.23. The van der Waals surface area contributed by atoms with E-state index >= 15 is 0 Å². The van der Waals surface area contributed by atoms with Crippen molar-refractivity contribution >= 4 is 11.6 Å². The smallest absolute Gasteiger partial charge is 0.255 e. The molecule has 134 valence electrons. The molecule has 0 spiro atoms. The molecule has 0 atom stereocenters. The van der Waals surface area contributed by atoms with Crippen molar-refractivity contribution in [2.45, 2.75) is 40.7 Å². The van der Waals surface area contributed by atoms with Crippen LogP contribution in [0.5, 0.6) is 5.75 Å². The van der Waals surface area contributed by atoms with Gasteiger partial charge in [0.1, 0.15) is 5.75 Å². The molecule has 0 saturated heterocycles. The summed E-state index contributed by atoms with van der Waals surface area (Å²) >= 11 is 0. The van der Waals surface area contributed by atoms with Gasteiger partial charge in [-0.05, 0) is 68.7 Å². The van der Waals surface area contributed by atoms with Gasteiger partial charge in [-0.25, -0.2) is 0 Å². The van der Waals surface area contributed by atoms with Crippen LogP contribution in [-0.2, 0) is 11.3 Å². The van der Waals surface area contributed by atoms with E-state index in [0.29, 0.717) is 25.4 Å². The summed E-state index contributed by atoms with van der Waals surface area (Å²) in [6.45, 7) is 9.79. The van der Waals surface area contributed by atoms with Gasteiger partial charge in [0, 0.05) is 23.4 Å². The Balaban J connectivity index is 2.17. The molecule has 1 N–H and O–H groups in total. The molecule has 0 fully saturated rings. The molecular formula is C21H27NO3. The highest BCUT2D eigenvalue weighted by molar-refractivity contribution is 6.04. The monoisotopic (exact) mass is 341 g/mol. The maximum atomic E-state index is 12.6. The summed E-state index contributed by atoms with van der Waals surface area (Å²) < 4.78 is 11.3. The molecule has 4 nitrogen and oxygen atoms in total. The quantitative estimate of drug-likeness (QED) is 0.696. The van der Waals surface area contributed by atoms with E-state index in [-0.39, 0.29) is 5.91 Å². The third-order valence-corrected chi connectivity index (χ3v) is 3.99. The Morgan fingerprint density at radius 3 is 2.52 bits per heavy atom. The van der Waals surface area contributed by atoms with Gasteiger partial charge in [0.15, 0.2) is 0 Å². The molecule has 2 rings (SSSR count). The predicted octanol–water partition coefficient (Wildman–Crippen LogP) is 4.88. The van der Waals surface area contributed by atoms with Crippen molar-refractivity contribution in [3.8, 4) is 5.75 Å². The number of rotatable bonds is 8. The second-order valence-electron chi connectivity index (χ2n) is 6.06. The molecule has 0 heterocycles. The minimum atomic E-state index is -0.136. The van der Waals surface area contributed by atoms with Crippen LogP contribution in [0.15, 0.2) is 36.4 Å². The molecule has 1 amide bonds. The number of ether oxygens (including phenoxy) is 2. The average molecular weight is 341 g/mol. The lowest BCUT2D eigenvalue weighted by Crippen LogP contribution is -2.13. The minimum absolute atomic E-state index is 0.136. The van der Waals surface area contributed by atoms with Crippen LogP contribution in [0.1, 0.15) is 47.3 Å². The zero-order valence-corrected chi connectivity index (χ0v) is 15.5. The van der Waals surface area contributed by atoms with Gasteiger partial charge in [-0.15, -0.1) is 0 Å². The van der Waals surface area contributed by atoms with E-state index < -0.39 is 0 Å². The lowest BCUT2D eigenvalue weighted by Gasteiger charge is -2.13. The van der Waals surface area contributed by atoms with Crippen LogP contribution < -0.4 is 10.1 Å². The fourth-order valence-corrected chi connectivity index (χ4v) is 2.48. The molecule has 0 bridgehead atoms. The Kier molecular flexibility index (Phi) is 7.02. The third kappa shape index (κ3) is 5.33. The number of hydrogen-bond donors (Lipinski definition) is 1. The molecular weight excluding hydrogens is 314 g/mol. The molecule has 0 aliphatic carbocycles. The second-order valence-corrected chi connectivity index (χ2v) is 6.06. The molecule has 0 aliphatic rings. The first-order chi connectivity index (χ1) is 12.0. The van der Waals surface area contributed by atoms with Crippen LogP contribution >= 0.6 is 0 Å². The number of hydrogen-bond acceptors (Lipinski definition) is 3. The molecule has 0 saturated carbocycles. The normalized spacial score (nSPS) is 10.6. The summed E-state index contributed by atoms with van der Waals surface area (Å²) in [7, 11) is 0. The number of carbonyl (C=O) groups excluding carboxylic acids is 1. The van der Waals surface area contributed by atoms with Crippen LogP contribution in [-0.4, -0.2) is 19.1 Å². The molecule has 25 heavy (non-hydrogen) atoms. The Morgan fingerprint density at radius 2 is 1.84 bits per heavy atom. The van der Waals surface area contributed by atoms with Crippen LogP contribution in [0.25, 0.3) is 0 Å². The summed E-state index contributed by atoms with van der Waals surface area (Å²) in [4.78, 5) is 12.6. The number of amides is 1. The molecule has 0 radical (unpaired) electrons. The Hall–Kier alpha value is -2.33. The Labute approximate surface area is 150 Å². The fourth-order valence-electron chi connectivity index (χ4n) is 2.48. The van der Waals surface area contributed by atoms with Crippen molar-refractivity contribution in [1.29, 1.82) is 0 Å². The number of anilines is 1. The van der Waals surface area contributed by atoms with Crippen LogP contribution in [0, 0.1) is 13.8 Å². The molecule has 0 unspecified atom stereocenters. The Bertz CT molecular complexity index is 725. The zero-order valence-electron chi connectivity index (χ0n) is 15.5. The molecule has 0 aliphatic heterocycles. The highest BCUT2D eigenvalue weighted by atomic mass is 16.5. The summed E-state index contributed by atoms with van der Waals surface area (Å²) in [5.41, 5.74) is 4.64. The maximum absolute atomic E-state index is 12.6. The van der Waals surface area contributed by atoms with Crippen molar-refractivity contribution in [3.63, 3.8) is 0 Å². The summed E-state index contributed by atoms with van der Waals surface area (Å²) in [5.74, 6) is 0.629. The highest BCUT2D eigenvalue weighted by Crippen LogP contribution is 2.23. The van der Waals surface area contributed by atoms with E-state index in [9.17, 15) is 4.79 Å². The van der Waals surface area contributed by atoms with Gasteiger partial charge < -0.3 is 14.8 Å². The van der Waals surface area contributed by atoms with Crippen molar-refractivity contribution in [1.82, 2.24) is 0 Å². The van der Waals surface area contributed by atoms with Gasteiger partial charge in [0.05, 0.1) is 13.2 Å². The zero-order chi connectivity index (χ0) is 18.2. The van der Waals surface area contributed by atoms with E-state index in [1.165, 1.54) is 5.56 Å².